The molecule has 0 fully saturated rings. The summed E-state index contributed by atoms with van der Waals surface area (Å²) in [5.41, 5.74) is 1.65. The summed E-state index contributed by atoms with van der Waals surface area (Å²) in [7, 11) is 0. The number of carbonyl (C=O) groups excluding carboxylic acids is 1. The van der Waals surface area contributed by atoms with E-state index < -0.39 is 5.82 Å². The fourth-order valence-electron chi connectivity index (χ4n) is 1.66. The van der Waals surface area contributed by atoms with Crippen LogP contribution < -0.4 is 0 Å². The van der Waals surface area contributed by atoms with Gasteiger partial charge in [0.05, 0.1) is 0 Å². The van der Waals surface area contributed by atoms with Crippen molar-refractivity contribution >= 4 is 37.6 Å². The molecule has 0 bridgehead atoms. The highest BCUT2D eigenvalue weighted by atomic mass is 79.9. The summed E-state index contributed by atoms with van der Waals surface area (Å²) in [6.45, 7) is 1.79. The molecular weight excluding hydrogens is 363 g/mol. The van der Waals surface area contributed by atoms with Crippen LogP contribution >= 0.6 is 31.9 Å². The van der Waals surface area contributed by atoms with Crippen molar-refractivity contribution in [3.05, 3.63) is 67.9 Å². The minimum Gasteiger partial charge on any atom is -0.289 e. The molecule has 18 heavy (non-hydrogen) atoms. The van der Waals surface area contributed by atoms with E-state index in [4.69, 9.17) is 0 Å². The molecule has 0 unspecified atom stereocenters. The van der Waals surface area contributed by atoms with Crippen LogP contribution in [-0.2, 0) is 0 Å². The van der Waals surface area contributed by atoms with Gasteiger partial charge in [-0.3, -0.25) is 4.79 Å². The van der Waals surface area contributed by atoms with Crippen LogP contribution in [0.2, 0.25) is 0 Å². The first-order valence-electron chi connectivity index (χ1n) is 5.25. The van der Waals surface area contributed by atoms with Crippen LogP contribution in [0.15, 0.2) is 45.3 Å². The molecule has 0 radical (unpaired) electrons. The molecule has 1 nitrogen and oxygen atoms in total. The van der Waals surface area contributed by atoms with Gasteiger partial charge in [0, 0.05) is 20.1 Å². The van der Waals surface area contributed by atoms with Crippen LogP contribution in [0, 0.1) is 12.7 Å². The molecule has 4 heteroatoms. The minimum absolute atomic E-state index is 0.194. The van der Waals surface area contributed by atoms with Crippen molar-refractivity contribution < 1.29 is 9.18 Å². The standard InChI is InChI=1S/C14H9Br2FO/c1-8-2-4-10(17)7-11(8)14(18)12-6-9(15)3-5-13(12)16/h2-7H,1H3. The summed E-state index contributed by atoms with van der Waals surface area (Å²) in [5.74, 6) is -0.602. The van der Waals surface area contributed by atoms with Gasteiger partial charge in [-0.05, 0) is 42.8 Å². The molecule has 2 aromatic carbocycles. The predicted octanol–water partition coefficient (Wildman–Crippen LogP) is 4.89. The third-order valence-electron chi connectivity index (χ3n) is 2.62. The zero-order valence-corrected chi connectivity index (χ0v) is 12.7. The predicted molar refractivity (Wildman–Crippen MR) is 76.4 cm³/mol. The summed E-state index contributed by atoms with van der Waals surface area (Å²) in [6, 6.07) is 9.56. The number of aryl methyl sites for hydroxylation is 1. The van der Waals surface area contributed by atoms with E-state index in [9.17, 15) is 9.18 Å². The van der Waals surface area contributed by atoms with Gasteiger partial charge in [0.1, 0.15) is 5.82 Å². The van der Waals surface area contributed by atoms with Crippen LogP contribution in [0.5, 0.6) is 0 Å². The highest BCUT2D eigenvalue weighted by molar-refractivity contribution is 9.11. The molecule has 0 aliphatic carbocycles. The summed E-state index contributed by atoms with van der Waals surface area (Å²) >= 11 is 6.66. The lowest BCUT2D eigenvalue weighted by atomic mass is 9.99. The smallest absolute Gasteiger partial charge is 0.194 e. The number of hydrogen-bond acceptors (Lipinski definition) is 1. The van der Waals surface area contributed by atoms with Gasteiger partial charge in [-0.2, -0.15) is 0 Å². The van der Waals surface area contributed by atoms with Gasteiger partial charge >= 0.3 is 0 Å². The molecule has 2 rings (SSSR count). The fourth-order valence-corrected chi connectivity index (χ4v) is 2.44. The largest absolute Gasteiger partial charge is 0.289 e. The van der Waals surface area contributed by atoms with Gasteiger partial charge in [-0.15, -0.1) is 0 Å². The summed E-state index contributed by atoms with van der Waals surface area (Å²) < 4.78 is 14.7. The van der Waals surface area contributed by atoms with Gasteiger partial charge in [0.2, 0.25) is 0 Å². The Kier molecular flexibility index (Phi) is 3.97. The first-order chi connectivity index (χ1) is 8.49. The zero-order valence-electron chi connectivity index (χ0n) is 9.51. The zero-order chi connectivity index (χ0) is 13.3. The van der Waals surface area contributed by atoms with Gasteiger partial charge in [0.15, 0.2) is 5.78 Å². The van der Waals surface area contributed by atoms with Crippen LogP contribution in [0.25, 0.3) is 0 Å². The van der Waals surface area contributed by atoms with E-state index in [0.29, 0.717) is 15.6 Å². The number of halogens is 3. The number of benzene rings is 2. The van der Waals surface area contributed by atoms with Crippen molar-refractivity contribution in [2.75, 3.05) is 0 Å². The Morgan fingerprint density at radius 1 is 1.06 bits per heavy atom. The van der Waals surface area contributed by atoms with Crippen LogP contribution in [0.3, 0.4) is 0 Å². The number of ketones is 1. The second-order valence-corrected chi connectivity index (χ2v) is 5.68. The third-order valence-corrected chi connectivity index (χ3v) is 3.80. The van der Waals surface area contributed by atoms with Gasteiger partial charge in [-0.25, -0.2) is 4.39 Å². The van der Waals surface area contributed by atoms with Crippen molar-refractivity contribution in [2.24, 2.45) is 0 Å². The highest BCUT2D eigenvalue weighted by Gasteiger charge is 2.15. The molecular formula is C14H9Br2FO. The van der Waals surface area contributed by atoms with Crippen molar-refractivity contribution in [3.8, 4) is 0 Å². The normalized spacial score (nSPS) is 10.4. The van der Waals surface area contributed by atoms with Crippen molar-refractivity contribution in [1.82, 2.24) is 0 Å². The van der Waals surface area contributed by atoms with E-state index in [-0.39, 0.29) is 5.78 Å². The monoisotopic (exact) mass is 370 g/mol. The maximum absolute atomic E-state index is 13.2. The van der Waals surface area contributed by atoms with Gasteiger partial charge in [0.25, 0.3) is 0 Å². The molecule has 0 saturated carbocycles. The van der Waals surface area contributed by atoms with Crippen molar-refractivity contribution in [2.45, 2.75) is 6.92 Å². The molecule has 0 spiro atoms. The molecule has 0 saturated heterocycles. The van der Waals surface area contributed by atoms with E-state index in [1.807, 2.05) is 6.07 Å². The second-order valence-electron chi connectivity index (χ2n) is 3.91. The Labute approximate surface area is 121 Å². The molecule has 0 aromatic heterocycles. The van der Waals surface area contributed by atoms with Crippen LogP contribution in [-0.4, -0.2) is 5.78 Å². The molecule has 2 aromatic rings. The lowest BCUT2D eigenvalue weighted by Gasteiger charge is -2.07. The van der Waals surface area contributed by atoms with Gasteiger partial charge in [-0.1, -0.05) is 37.9 Å². The lowest BCUT2D eigenvalue weighted by molar-refractivity contribution is 0.103. The minimum atomic E-state index is -0.407. The summed E-state index contributed by atoms with van der Waals surface area (Å²) in [6.07, 6.45) is 0. The molecule has 0 N–H and O–H groups in total. The lowest BCUT2D eigenvalue weighted by Crippen LogP contribution is -2.05. The highest BCUT2D eigenvalue weighted by Crippen LogP contribution is 2.25. The Balaban J connectivity index is 2.54. The number of carbonyl (C=O) groups is 1. The molecule has 0 amide bonds. The molecule has 92 valence electrons. The van der Waals surface area contributed by atoms with Crippen LogP contribution in [0.1, 0.15) is 21.5 Å². The van der Waals surface area contributed by atoms with E-state index in [1.165, 1.54) is 12.1 Å². The SMILES string of the molecule is Cc1ccc(F)cc1C(=O)c1cc(Br)ccc1Br. The topological polar surface area (TPSA) is 17.1 Å². The quantitative estimate of drug-likeness (QED) is 0.687. The number of rotatable bonds is 2. The Hall–Kier alpha value is -1.000. The molecule has 0 aliphatic heterocycles. The Morgan fingerprint density at radius 2 is 1.78 bits per heavy atom. The maximum atomic E-state index is 13.2. The molecule has 0 heterocycles. The molecule has 0 aliphatic rings. The second kappa shape index (κ2) is 5.33. The third kappa shape index (κ3) is 2.70. The van der Waals surface area contributed by atoms with E-state index in [2.05, 4.69) is 31.9 Å². The van der Waals surface area contributed by atoms with Crippen molar-refractivity contribution in [3.63, 3.8) is 0 Å². The molecule has 0 atom stereocenters. The average Bonchev–Trinajstić information content (AvgIpc) is 2.34. The van der Waals surface area contributed by atoms with Crippen molar-refractivity contribution in [1.29, 1.82) is 0 Å². The summed E-state index contributed by atoms with van der Waals surface area (Å²) in [4.78, 5) is 12.4. The van der Waals surface area contributed by atoms with E-state index in [0.717, 1.165) is 10.0 Å². The Morgan fingerprint density at radius 3 is 2.50 bits per heavy atom. The van der Waals surface area contributed by atoms with Gasteiger partial charge < -0.3 is 0 Å². The first-order valence-corrected chi connectivity index (χ1v) is 6.83. The number of hydrogen-bond donors (Lipinski definition) is 0. The average molecular weight is 372 g/mol. The maximum Gasteiger partial charge on any atom is 0.194 e. The van der Waals surface area contributed by atoms with E-state index in [1.54, 1.807) is 25.1 Å². The Bertz CT molecular complexity index is 570. The first kappa shape index (κ1) is 13.4. The fraction of sp³-hybridized carbons (Fsp3) is 0.0714. The summed E-state index contributed by atoms with van der Waals surface area (Å²) in [5, 5.41) is 0. The van der Waals surface area contributed by atoms with E-state index >= 15 is 0 Å². The van der Waals surface area contributed by atoms with Crippen LogP contribution in [0.4, 0.5) is 4.39 Å².